The fraction of sp³-hybridized carbons (Fsp3) is 0.0500. The third-order valence-corrected chi connectivity index (χ3v) is 5.44. The van der Waals surface area contributed by atoms with E-state index in [1.165, 1.54) is 12.1 Å². The number of urea groups is 1. The molecular weight excluding hydrogens is 362 g/mol. The molecule has 0 radical (unpaired) electrons. The Hall–Kier alpha value is -3.32. The van der Waals surface area contributed by atoms with Gasteiger partial charge in [0.1, 0.15) is 0 Å². The molecule has 0 bridgehead atoms. The van der Waals surface area contributed by atoms with Crippen LogP contribution in [-0.2, 0) is 0 Å². The summed E-state index contributed by atoms with van der Waals surface area (Å²) in [5.74, 6) is 0. The minimum absolute atomic E-state index is 0.0640. The van der Waals surface area contributed by atoms with Crippen molar-refractivity contribution in [1.29, 1.82) is 0 Å². The summed E-state index contributed by atoms with van der Waals surface area (Å²) in [6.45, 7) is 1.80. The van der Waals surface area contributed by atoms with Crippen LogP contribution >= 0.6 is 11.8 Å². The Bertz CT molecular complexity index is 1020. The molecule has 1 aliphatic heterocycles. The number of hydrogen-bond donors (Lipinski definition) is 1. The minimum atomic E-state index is -0.475. The first-order chi connectivity index (χ1) is 13.0. The van der Waals surface area contributed by atoms with E-state index in [0.717, 1.165) is 26.7 Å². The number of carbonyl (C=O) groups is 1. The zero-order valence-electron chi connectivity index (χ0n) is 14.4. The number of anilines is 3. The van der Waals surface area contributed by atoms with Crippen molar-refractivity contribution in [2.75, 3.05) is 10.2 Å². The van der Waals surface area contributed by atoms with Gasteiger partial charge in [-0.05, 0) is 36.8 Å². The van der Waals surface area contributed by atoms with E-state index in [1.54, 1.807) is 29.7 Å². The van der Waals surface area contributed by atoms with Gasteiger partial charge in [-0.25, -0.2) is 4.79 Å². The molecule has 3 aromatic rings. The first-order valence-corrected chi connectivity index (χ1v) is 9.08. The van der Waals surface area contributed by atoms with Gasteiger partial charge in [0.05, 0.1) is 22.0 Å². The van der Waals surface area contributed by atoms with Crippen molar-refractivity contribution in [3.05, 3.63) is 82.4 Å². The number of nitro groups is 1. The molecule has 1 heterocycles. The van der Waals surface area contributed by atoms with Crippen LogP contribution in [0.3, 0.4) is 0 Å². The van der Waals surface area contributed by atoms with Gasteiger partial charge in [-0.15, -0.1) is 0 Å². The van der Waals surface area contributed by atoms with Crippen LogP contribution in [0, 0.1) is 17.0 Å². The van der Waals surface area contributed by atoms with E-state index >= 15 is 0 Å². The number of fused-ring (bicyclic) bond motifs is 2. The number of nitro benzene ring substituents is 1. The number of hydrogen-bond acceptors (Lipinski definition) is 4. The van der Waals surface area contributed by atoms with Gasteiger partial charge in [-0.2, -0.15) is 0 Å². The van der Waals surface area contributed by atoms with Crippen LogP contribution in [0.25, 0.3) is 0 Å². The summed E-state index contributed by atoms with van der Waals surface area (Å²) in [6, 6.07) is 19.4. The molecule has 0 aromatic heterocycles. The van der Waals surface area contributed by atoms with E-state index in [9.17, 15) is 14.9 Å². The summed E-state index contributed by atoms with van der Waals surface area (Å²) in [4.78, 5) is 27.3. The smallest absolute Gasteiger partial charge is 0.307 e. The first-order valence-electron chi connectivity index (χ1n) is 8.26. The van der Waals surface area contributed by atoms with Crippen molar-refractivity contribution >= 4 is 40.5 Å². The molecule has 134 valence electrons. The van der Waals surface area contributed by atoms with E-state index in [0.29, 0.717) is 5.69 Å². The van der Waals surface area contributed by atoms with Gasteiger partial charge < -0.3 is 5.32 Å². The average molecular weight is 377 g/mol. The highest BCUT2D eigenvalue weighted by Crippen LogP contribution is 2.48. The van der Waals surface area contributed by atoms with Gasteiger partial charge in [0, 0.05) is 21.9 Å². The maximum absolute atomic E-state index is 13.2. The molecule has 0 saturated carbocycles. The summed E-state index contributed by atoms with van der Waals surface area (Å²) in [5, 5.41) is 13.9. The van der Waals surface area contributed by atoms with E-state index in [4.69, 9.17) is 0 Å². The largest absolute Gasteiger partial charge is 0.331 e. The molecule has 0 saturated heterocycles. The van der Waals surface area contributed by atoms with Gasteiger partial charge in [0.15, 0.2) is 0 Å². The van der Waals surface area contributed by atoms with Crippen LogP contribution < -0.4 is 10.2 Å². The van der Waals surface area contributed by atoms with Crippen molar-refractivity contribution < 1.29 is 9.72 Å². The lowest BCUT2D eigenvalue weighted by molar-refractivity contribution is -0.384. The molecule has 6 nitrogen and oxygen atoms in total. The highest BCUT2D eigenvalue weighted by molar-refractivity contribution is 7.99. The van der Waals surface area contributed by atoms with Gasteiger partial charge in [-0.1, -0.05) is 42.1 Å². The highest BCUT2D eigenvalue weighted by atomic mass is 32.2. The van der Waals surface area contributed by atoms with Gasteiger partial charge in [-0.3, -0.25) is 15.0 Å². The molecule has 2 amide bonds. The Morgan fingerprint density at radius 3 is 2.19 bits per heavy atom. The molecule has 4 rings (SSSR count). The molecule has 27 heavy (non-hydrogen) atoms. The number of benzene rings is 3. The third-order valence-electron chi connectivity index (χ3n) is 4.31. The van der Waals surface area contributed by atoms with Crippen molar-refractivity contribution in [2.45, 2.75) is 16.7 Å². The van der Waals surface area contributed by atoms with Gasteiger partial charge in [0.25, 0.3) is 5.69 Å². The zero-order chi connectivity index (χ0) is 19.0. The second-order valence-corrected chi connectivity index (χ2v) is 7.14. The number of non-ortho nitro benzene ring substituents is 1. The van der Waals surface area contributed by atoms with Crippen molar-refractivity contribution in [3.63, 3.8) is 0 Å². The van der Waals surface area contributed by atoms with E-state index in [2.05, 4.69) is 5.32 Å². The number of nitrogens with one attached hydrogen (secondary N) is 1. The maximum Gasteiger partial charge on any atom is 0.331 e. The molecule has 0 aliphatic carbocycles. The molecular formula is C20H15N3O3S. The molecule has 0 unspecified atom stereocenters. The lowest BCUT2D eigenvalue weighted by atomic mass is 10.2. The number of para-hydroxylation sites is 2. The molecule has 0 spiro atoms. The summed E-state index contributed by atoms with van der Waals surface area (Å²) in [6.07, 6.45) is 0. The highest BCUT2D eigenvalue weighted by Gasteiger charge is 2.28. The number of amides is 2. The Morgan fingerprint density at radius 2 is 1.59 bits per heavy atom. The number of rotatable bonds is 2. The summed E-state index contributed by atoms with van der Waals surface area (Å²) >= 11 is 1.61. The molecule has 1 aliphatic rings. The molecule has 7 heteroatoms. The fourth-order valence-electron chi connectivity index (χ4n) is 2.95. The van der Waals surface area contributed by atoms with E-state index in [1.807, 2.05) is 48.5 Å². The number of nitrogens with zero attached hydrogens (tertiary/aromatic N) is 2. The van der Waals surface area contributed by atoms with Crippen LogP contribution in [0.1, 0.15) is 5.56 Å². The second kappa shape index (κ2) is 6.77. The van der Waals surface area contributed by atoms with Crippen molar-refractivity contribution in [3.8, 4) is 0 Å². The van der Waals surface area contributed by atoms with E-state index < -0.39 is 4.92 Å². The Balaban J connectivity index is 1.75. The average Bonchev–Trinajstić information content (AvgIpc) is 2.67. The predicted molar refractivity (Wildman–Crippen MR) is 106 cm³/mol. The second-order valence-electron chi connectivity index (χ2n) is 6.06. The predicted octanol–water partition coefficient (Wildman–Crippen LogP) is 5.74. The number of carbonyl (C=O) groups excluding carboxylic acids is 1. The SMILES string of the molecule is Cc1ccc([N+](=O)[O-])cc1NC(=O)N1c2ccccc2Sc2ccccc21. The van der Waals surface area contributed by atoms with Crippen molar-refractivity contribution in [1.82, 2.24) is 0 Å². The monoisotopic (exact) mass is 377 g/mol. The molecule has 3 aromatic carbocycles. The van der Waals surface area contributed by atoms with Gasteiger partial charge in [0.2, 0.25) is 0 Å². The topological polar surface area (TPSA) is 75.5 Å². The van der Waals surface area contributed by atoms with E-state index in [-0.39, 0.29) is 11.7 Å². The lowest BCUT2D eigenvalue weighted by Gasteiger charge is -2.31. The minimum Gasteiger partial charge on any atom is -0.307 e. The first kappa shape index (κ1) is 17.1. The fourth-order valence-corrected chi connectivity index (χ4v) is 4.01. The van der Waals surface area contributed by atoms with Gasteiger partial charge >= 0.3 is 6.03 Å². The Kier molecular flexibility index (Phi) is 4.29. The normalized spacial score (nSPS) is 12.1. The van der Waals surface area contributed by atoms with Crippen molar-refractivity contribution in [2.24, 2.45) is 0 Å². The van der Waals surface area contributed by atoms with Crippen LogP contribution in [-0.4, -0.2) is 11.0 Å². The van der Waals surface area contributed by atoms with Crippen LogP contribution in [0.5, 0.6) is 0 Å². The maximum atomic E-state index is 13.2. The zero-order valence-corrected chi connectivity index (χ0v) is 15.2. The lowest BCUT2D eigenvalue weighted by Crippen LogP contribution is -2.32. The standard InChI is InChI=1S/C20H15N3O3S/c1-13-10-11-14(23(25)26)12-15(13)21-20(24)22-16-6-2-4-8-18(16)27-19-9-5-3-7-17(19)22/h2-12H,1H3,(H,21,24). The summed E-state index contributed by atoms with van der Waals surface area (Å²) < 4.78 is 0. The third kappa shape index (κ3) is 3.13. The van der Waals surface area contributed by atoms with Crippen LogP contribution in [0.4, 0.5) is 27.5 Å². The summed E-state index contributed by atoms with van der Waals surface area (Å²) in [5.41, 5.74) is 2.67. The number of aryl methyl sites for hydroxylation is 1. The van der Waals surface area contributed by atoms with Crippen LogP contribution in [0.2, 0.25) is 0 Å². The Labute approximate surface area is 160 Å². The quantitative estimate of drug-likeness (QED) is 0.456. The molecule has 0 atom stereocenters. The Morgan fingerprint density at radius 1 is 1.00 bits per heavy atom. The van der Waals surface area contributed by atoms with Crippen LogP contribution in [0.15, 0.2) is 76.5 Å². The summed E-state index contributed by atoms with van der Waals surface area (Å²) in [7, 11) is 0. The molecule has 1 N–H and O–H groups in total. The molecule has 0 fully saturated rings.